The van der Waals surface area contributed by atoms with Crippen LogP contribution in [0.25, 0.3) is 0 Å². The molecule has 0 aromatic rings. The number of hydrogen-bond acceptors (Lipinski definition) is 5. The van der Waals surface area contributed by atoms with Gasteiger partial charge in [0.2, 0.25) is 5.91 Å². The summed E-state index contributed by atoms with van der Waals surface area (Å²) >= 11 is 0. The third kappa shape index (κ3) is 4.27. The molecule has 1 aliphatic rings. The van der Waals surface area contributed by atoms with Gasteiger partial charge in [0, 0.05) is 19.0 Å². The van der Waals surface area contributed by atoms with E-state index in [4.69, 9.17) is 5.26 Å². The minimum absolute atomic E-state index is 0.00697. The molecular weight excluding hydrogens is 218 g/mol. The molecule has 1 saturated heterocycles. The van der Waals surface area contributed by atoms with Crippen molar-refractivity contribution in [3.8, 4) is 6.07 Å². The van der Waals surface area contributed by atoms with Gasteiger partial charge in [0.1, 0.15) is 6.54 Å². The van der Waals surface area contributed by atoms with E-state index >= 15 is 0 Å². The van der Waals surface area contributed by atoms with Crippen LogP contribution in [0.3, 0.4) is 0 Å². The predicted octanol–water partition coefficient (Wildman–Crippen LogP) is -1.60. The molecule has 1 amide bonds. The topological polar surface area (TPSA) is 99.1 Å². The van der Waals surface area contributed by atoms with E-state index in [2.05, 4.69) is 10.6 Å². The molecule has 15 heavy (non-hydrogen) atoms. The summed E-state index contributed by atoms with van der Waals surface area (Å²) in [6.07, 6.45) is 0.0981. The zero-order valence-corrected chi connectivity index (χ0v) is 9.01. The van der Waals surface area contributed by atoms with Crippen molar-refractivity contribution < 1.29 is 13.2 Å². The van der Waals surface area contributed by atoms with E-state index in [1.54, 1.807) is 6.07 Å². The number of amides is 1. The molecule has 1 heterocycles. The van der Waals surface area contributed by atoms with Gasteiger partial charge in [0.25, 0.3) is 0 Å². The van der Waals surface area contributed by atoms with E-state index in [9.17, 15) is 13.2 Å². The Kier molecular flexibility index (Phi) is 4.05. The molecule has 0 spiro atoms. The zero-order valence-electron chi connectivity index (χ0n) is 8.19. The monoisotopic (exact) mass is 231 g/mol. The number of rotatable bonds is 3. The average molecular weight is 231 g/mol. The highest BCUT2D eigenvalue weighted by atomic mass is 32.2. The standard InChI is InChI=1S/C8H13N3O3S/c9-1-2-11-8(12)5-7-6-15(13,14)4-3-10-7/h7,10H,2-6H2,(H,11,12). The first kappa shape index (κ1) is 11.9. The van der Waals surface area contributed by atoms with Crippen molar-refractivity contribution in [3.63, 3.8) is 0 Å². The van der Waals surface area contributed by atoms with Crippen LogP contribution in [-0.4, -0.2) is 45.0 Å². The second kappa shape index (κ2) is 5.09. The maximum Gasteiger partial charge on any atom is 0.222 e. The lowest BCUT2D eigenvalue weighted by atomic mass is 10.2. The lowest BCUT2D eigenvalue weighted by molar-refractivity contribution is -0.121. The number of sulfone groups is 1. The summed E-state index contributed by atoms with van der Waals surface area (Å²) in [6, 6.07) is 1.45. The van der Waals surface area contributed by atoms with Crippen molar-refractivity contribution in [2.75, 3.05) is 24.6 Å². The van der Waals surface area contributed by atoms with Crippen LogP contribution in [0.15, 0.2) is 0 Å². The van der Waals surface area contributed by atoms with Crippen LogP contribution in [0, 0.1) is 11.3 Å². The van der Waals surface area contributed by atoms with Gasteiger partial charge in [-0.1, -0.05) is 0 Å². The Hall–Kier alpha value is -1.13. The molecular formula is C8H13N3O3S. The fraction of sp³-hybridized carbons (Fsp3) is 0.750. The van der Waals surface area contributed by atoms with E-state index in [0.717, 1.165) is 0 Å². The first-order chi connectivity index (χ1) is 7.03. The van der Waals surface area contributed by atoms with Crippen LogP contribution in [0.1, 0.15) is 6.42 Å². The van der Waals surface area contributed by atoms with Gasteiger partial charge in [-0.2, -0.15) is 5.26 Å². The number of nitriles is 1. The van der Waals surface area contributed by atoms with Gasteiger partial charge < -0.3 is 10.6 Å². The van der Waals surface area contributed by atoms with Gasteiger partial charge >= 0.3 is 0 Å². The summed E-state index contributed by atoms with van der Waals surface area (Å²) < 4.78 is 22.5. The lowest BCUT2D eigenvalue weighted by Gasteiger charge is -2.22. The van der Waals surface area contributed by atoms with Crippen LogP contribution in [-0.2, 0) is 14.6 Å². The van der Waals surface area contributed by atoms with Gasteiger partial charge in [-0.3, -0.25) is 4.79 Å². The fourth-order valence-corrected chi connectivity index (χ4v) is 2.88. The fourth-order valence-electron chi connectivity index (χ4n) is 1.43. The van der Waals surface area contributed by atoms with Crippen LogP contribution < -0.4 is 10.6 Å². The summed E-state index contributed by atoms with van der Waals surface area (Å²) in [5, 5.41) is 13.6. The third-order valence-corrected chi connectivity index (χ3v) is 3.83. The van der Waals surface area contributed by atoms with Gasteiger partial charge in [0.15, 0.2) is 9.84 Å². The first-order valence-electron chi connectivity index (χ1n) is 4.61. The van der Waals surface area contributed by atoms with Gasteiger partial charge in [-0.05, 0) is 0 Å². The molecule has 0 aromatic heterocycles. The average Bonchev–Trinajstić information content (AvgIpc) is 2.13. The van der Waals surface area contributed by atoms with E-state index in [1.165, 1.54) is 0 Å². The molecule has 1 unspecified atom stereocenters. The van der Waals surface area contributed by atoms with Crippen molar-refractivity contribution >= 4 is 15.7 Å². The second-order valence-corrected chi connectivity index (χ2v) is 5.63. The Labute approximate surface area is 88.6 Å². The quantitative estimate of drug-likeness (QED) is 0.570. The highest BCUT2D eigenvalue weighted by Crippen LogP contribution is 2.04. The van der Waals surface area contributed by atoms with Crippen molar-refractivity contribution in [2.24, 2.45) is 0 Å². The molecule has 6 nitrogen and oxygen atoms in total. The van der Waals surface area contributed by atoms with E-state index in [0.29, 0.717) is 6.54 Å². The molecule has 2 N–H and O–H groups in total. The Morgan fingerprint density at radius 2 is 2.33 bits per heavy atom. The number of carbonyl (C=O) groups is 1. The summed E-state index contributed by atoms with van der Waals surface area (Å²) in [4.78, 5) is 11.2. The molecule has 1 aliphatic heterocycles. The number of carbonyl (C=O) groups excluding carboxylic acids is 1. The number of hydrogen-bond donors (Lipinski definition) is 2. The molecule has 1 rings (SSSR count). The lowest BCUT2D eigenvalue weighted by Crippen LogP contribution is -2.47. The van der Waals surface area contributed by atoms with Crippen LogP contribution in [0.2, 0.25) is 0 Å². The smallest absolute Gasteiger partial charge is 0.222 e. The normalized spacial score (nSPS) is 24.1. The Morgan fingerprint density at radius 3 is 2.93 bits per heavy atom. The molecule has 0 aliphatic carbocycles. The van der Waals surface area contributed by atoms with Gasteiger partial charge in [-0.25, -0.2) is 8.42 Å². The summed E-state index contributed by atoms with van der Waals surface area (Å²) in [5.41, 5.74) is 0. The summed E-state index contributed by atoms with van der Waals surface area (Å²) in [5.74, 6) is -0.179. The molecule has 0 bridgehead atoms. The van der Waals surface area contributed by atoms with Crippen molar-refractivity contribution in [2.45, 2.75) is 12.5 Å². The minimum Gasteiger partial charge on any atom is -0.343 e. The van der Waals surface area contributed by atoms with E-state index in [1.807, 2.05) is 0 Å². The molecule has 1 atom stereocenters. The van der Waals surface area contributed by atoms with Crippen LogP contribution >= 0.6 is 0 Å². The molecule has 0 radical (unpaired) electrons. The van der Waals surface area contributed by atoms with E-state index < -0.39 is 9.84 Å². The highest BCUT2D eigenvalue weighted by molar-refractivity contribution is 7.91. The zero-order chi connectivity index (χ0) is 11.3. The largest absolute Gasteiger partial charge is 0.343 e. The third-order valence-electron chi connectivity index (χ3n) is 2.10. The first-order valence-corrected chi connectivity index (χ1v) is 6.43. The van der Waals surface area contributed by atoms with Crippen molar-refractivity contribution in [1.82, 2.24) is 10.6 Å². The number of nitrogens with one attached hydrogen (secondary N) is 2. The summed E-state index contributed by atoms with van der Waals surface area (Å²) in [7, 11) is -3.01. The SMILES string of the molecule is N#CCNC(=O)CC1CS(=O)(=O)CCN1. The number of nitrogens with zero attached hydrogens (tertiary/aromatic N) is 1. The molecule has 1 fully saturated rings. The highest BCUT2D eigenvalue weighted by Gasteiger charge is 2.25. The minimum atomic E-state index is -3.01. The summed E-state index contributed by atoms with van der Waals surface area (Å²) in [6.45, 7) is 0.344. The Morgan fingerprint density at radius 1 is 1.60 bits per heavy atom. The molecule has 7 heteroatoms. The molecule has 0 aromatic carbocycles. The van der Waals surface area contributed by atoms with Crippen molar-refractivity contribution in [1.29, 1.82) is 5.26 Å². The van der Waals surface area contributed by atoms with Crippen LogP contribution in [0.4, 0.5) is 0 Å². The van der Waals surface area contributed by atoms with Gasteiger partial charge in [-0.15, -0.1) is 0 Å². The maximum atomic E-state index is 11.2. The second-order valence-electron chi connectivity index (χ2n) is 3.40. The van der Waals surface area contributed by atoms with Crippen molar-refractivity contribution in [3.05, 3.63) is 0 Å². The maximum absolute atomic E-state index is 11.2. The van der Waals surface area contributed by atoms with E-state index in [-0.39, 0.29) is 36.4 Å². The molecule has 0 saturated carbocycles. The Balaban J connectivity index is 2.39. The predicted molar refractivity (Wildman–Crippen MR) is 53.7 cm³/mol. The molecule has 84 valence electrons. The van der Waals surface area contributed by atoms with Crippen LogP contribution in [0.5, 0.6) is 0 Å². The van der Waals surface area contributed by atoms with Gasteiger partial charge in [0.05, 0.1) is 17.6 Å². The Bertz CT molecular complexity index is 371.